The molecule has 1 aliphatic rings. The predicted molar refractivity (Wildman–Crippen MR) is 92.9 cm³/mol. The van der Waals surface area contributed by atoms with Crippen molar-refractivity contribution in [3.05, 3.63) is 0 Å². The van der Waals surface area contributed by atoms with Crippen LogP contribution >= 0.6 is 0 Å². The average Bonchev–Trinajstić information content (AvgIpc) is 2.54. The van der Waals surface area contributed by atoms with E-state index >= 15 is 0 Å². The Balaban J connectivity index is 2.09. The molecule has 1 heterocycles. The summed E-state index contributed by atoms with van der Waals surface area (Å²) in [7, 11) is 0. The molecule has 2 amide bonds. The number of hydrazine groups is 1. The number of ether oxygens (including phenoxy) is 1. The second kappa shape index (κ2) is 13.5. The Bertz CT molecular complexity index is 298. The lowest BCUT2D eigenvalue weighted by Gasteiger charge is -2.28. The molecule has 0 saturated carbocycles. The summed E-state index contributed by atoms with van der Waals surface area (Å²) in [5, 5.41) is 1.96. The zero-order valence-corrected chi connectivity index (χ0v) is 14.5. The third-order valence-electron chi connectivity index (χ3n) is 4.16. The zero-order valence-electron chi connectivity index (χ0n) is 14.5. The van der Waals surface area contributed by atoms with Crippen LogP contribution in [0.3, 0.4) is 0 Å². The lowest BCUT2D eigenvalue weighted by Crippen LogP contribution is -2.47. The molecule has 0 aromatic heterocycles. The first kappa shape index (κ1) is 20.2. The zero-order chi connectivity index (χ0) is 16.8. The molecule has 7 heteroatoms. The van der Waals surface area contributed by atoms with E-state index in [2.05, 4.69) is 10.3 Å². The molecule has 0 radical (unpaired) electrons. The fourth-order valence-corrected chi connectivity index (χ4v) is 2.84. The molecule has 23 heavy (non-hydrogen) atoms. The summed E-state index contributed by atoms with van der Waals surface area (Å²) in [6.07, 6.45) is 8.12. The molecule has 1 saturated heterocycles. The highest BCUT2D eigenvalue weighted by atomic mass is 16.5. The number of rotatable bonds is 13. The van der Waals surface area contributed by atoms with E-state index in [1.54, 1.807) is 0 Å². The van der Waals surface area contributed by atoms with E-state index < -0.39 is 6.03 Å². The Kier molecular flexibility index (Phi) is 11.9. The van der Waals surface area contributed by atoms with Gasteiger partial charge in [-0.2, -0.15) is 0 Å². The number of nitrogens with two attached hydrogens (primary N) is 2. The monoisotopic (exact) mass is 329 g/mol. The van der Waals surface area contributed by atoms with Gasteiger partial charge in [-0.1, -0.05) is 25.7 Å². The molecule has 7 nitrogen and oxygen atoms in total. The summed E-state index contributed by atoms with van der Waals surface area (Å²) in [6, 6.07) is -0.473. The van der Waals surface area contributed by atoms with E-state index in [1.165, 1.54) is 25.7 Å². The highest BCUT2D eigenvalue weighted by Gasteiger charge is 2.11. The first-order chi connectivity index (χ1) is 11.2. The van der Waals surface area contributed by atoms with Crippen LogP contribution in [-0.4, -0.2) is 68.4 Å². The predicted octanol–water partition coefficient (Wildman–Crippen LogP) is 0.893. The van der Waals surface area contributed by atoms with Gasteiger partial charge in [-0.05, 0) is 32.4 Å². The van der Waals surface area contributed by atoms with E-state index in [9.17, 15) is 4.79 Å². The number of nitrogens with one attached hydrogen (secondary N) is 1. The fourth-order valence-electron chi connectivity index (χ4n) is 2.84. The van der Waals surface area contributed by atoms with Gasteiger partial charge in [-0.25, -0.2) is 9.80 Å². The Hall–Kier alpha value is -0.890. The molecule has 0 spiro atoms. The van der Waals surface area contributed by atoms with Crippen LogP contribution in [0.1, 0.15) is 44.9 Å². The Morgan fingerprint density at radius 3 is 2.26 bits per heavy atom. The van der Waals surface area contributed by atoms with Gasteiger partial charge in [-0.3, -0.25) is 10.3 Å². The maximum absolute atomic E-state index is 11.1. The van der Waals surface area contributed by atoms with Crippen LogP contribution in [0.5, 0.6) is 0 Å². The summed E-state index contributed by atoms with van der Waals surface area (Å²) in [5.74, 6) is 0. The van der Waals surface area contributed by atoms with Crippen molar-refractivity contribution in [3.8, 4) is 0 Å². The first-order valence-electron chi connectivity index (χ1n) is 9.03. The summed E-state index contributed by atoms with van der Waals surface area (Å²) in [6.45, 7) is 7.20. The third-order valence-corrected chi connectivity index (χ3v) is 4.16. The first-order valence-corrected chi connectivity index (χ1v) is 9.03. The SMILES string of the molecule is NCCCCCCCCN(CCCN1CCOCC1)NC(N)=O. The maximum Gasteiger partial charge on any atom is 0.326 e. The lowest BCUT2D eigenvalue weighted by atomic mass is 10.1. The second-order valence-electron chi connectivity index (χ2n) is 6.18. The summed E-state index contributed by atoms with van der Waals surface area (Å²) in [4.78, 5) is 13.5. The Morgan fingerprint density at radius 2 is 1.61 bits per heavy atom. The minimum atomic E-state index is -0.473. The van der Waals surface area contributed by atoms with Crippen LogP contribution in [0, 0.1) is 0 Å². The molecule has 0 unspecified atom stereocenters. The minimum Gasteiger partial charge on any atom is -0.379 e. The average molecular weight is 329 g/mol. The van der Waals surface area contributed by atoms with Gasteiger partial charge in [0.25, 0.3) is 0 Å². The van der Waals surface area contributed by atoms with Gasteiger partial charge in [0.15, 0.2) is 0 Å². The largest absolute Gasteiger partial charge is 0.379 e. The number of urea groups is 1. The number of hydrogen-bond donors (Lipinski definition) is 3. The third kappa shape index (κ3) is 11.3. The van der Waals surface area contributed by atoms with Crippen molar-refractivity contribution in [1.82, 2.24) is 15.3 Å². The molecule has 0 aromatic carbocycles. The van der Waals surface area contributed by atoms with E-state index in [-0.39, 0.29) is 0 Å². The van der Waals surface area contributed by atoms with Gasteiger partial charge in [-0.15, -0.1) is 0 Å². The standard InChI is InChI=1S/C16H35N5O2/c17-8-5-3-1-2-4-6-10-21(19-16(18)22)11-7-9-20-12-14-23-15-13-20/h1-15,17H2,(H3,18,19,22). The van der Waals surface area contributed by atoms with Crippen molar-refractivity contribution in [3.63, 3.8) is 0 Å². The van der Waals surface area contributed by atoms with Gasteiger partial charge in [0.2, 0.25) is 0 Å². The normalized spacial score (nSPS) is 15.9. The topological polar surface area (TPSA) is 96.8 Å². The number of morpholine rings is 1. The van der Waals surface area contributed by atoms with Crippen molar-refractivity contribution in [1.29, 1.82) is 0 Å². The van der Waals surface area contributed by atoms with E-state index in [1.807, 2.05) is 5.01 Å². The Labute approximate surface area is 140 Å². The summed E-state index contributed by atoms with van der Waals surface area (Å²) < 4.78 is 5.35. The van der Waals surface area contributed by atoms with Gasteiger partial charge < -0.3 is 16.2 Å². The molecule has 136 valence electrons. The molecular formula is C16H35N5O2. The molecule has 5 N–H and O–H groups in total. The van der Waals surface area contributed by atoms with E-state index in [0.717, 1.165) is 71.7 Å². The van der Waals surface area contributed by atoms with Crippen molar-refractivity contribution >= 4 is 6.03 Å². The summed E-state index contributed by atoms with van der Waals surface area (Å²) in [5.41, 5.74) is 13.5. The molecule has 1 fully saturated rings. The highest BCUT2D eigenvalue weighted by molar-refractivity contribution is 5.70. The molecule has 0 bridgehead atoms. The number of carbonyl (C=O) groups excluding carboxylic acids is 1. The molecule has 1 rings (SSSR count). The number of primary amides is 1. The van der Waals surface area contributed by atoms with Gasteiger partial charge >= 0.3 is 6.03 Å². The lowest BCUT2D eigenvalue weighted by molar-refractivity contribution is 0.0355. The van der Waals surface area contributed by atoms with Crippen LogP contribution < -0.4 is 16.9 Å². The fraction of sp³-hybridized carbons (Fsp3) is 0.938. The number of nitrogens with zero attached hydrogens (tertiary/aromatic N) is 2. The van der Waals surface area contributed by atoms with Crippen LogP contribution in [0.15, 0.2) is 0 Å². The van der Waals surface area contributed by atoms with Crippen LogP contribution in [0.2, 0.25) is 0 Å². The molecule has 0 aromatic rings. The highest BCUT2D eigenvalue weighted by Crippen LogP contribution is 2.06. The Morgan fingerprint density at radius 1 is 1.00 bits per heavy atom. The molecule has 0 aliphatic carbocycles. The van der Waals surface area contributed by atoms with Crippen molar-refractivity contribution in [2.24, 2.45) is 11.5 Å². The smallest absolute Gasteiger partial charge is 0.326 e. The van der Waals surface area contributed by atoms with Crippen LogP contribution in [0.25, 0.3) is 0 Å². The molecule has 0 atom stereocenters. The molecular weight excluding hydrogens is 294 g/mol. The number of amides is 2. The van der Waals surface area contributed by atoms with Crippen molar-refractivity contribution in [2.45, 2.75) is 44.9 Å². The number of carbonyl (C=O) groups is 1. The van der Waals surface area contributed by atoms with Crippen molar-refractivity contribution < 1.29 is 9.53 Å². The van der Waals surface area contributed by atoms with Crippen molar-refractivity contribution in [2.75, 3.05) is 52.5 Å². The van der Waals surface area contributed by atoms with Gasteiger partial charge in [0.05, 0.1) is 13.2 Å². The number of hydrogen-bond acceptors (Lipinski definition) is 5. The minimum absolute atomic E-state index is 0.473. The van der Waals surface area contributed by atoms with Gasteiger partial charge in [0.1, 0.15) is 0 Å². The van der Waals surface area contributed by atoms with E-state index in [4.69, 9.17) is 16.2 Å². The molecule has 1 aliphatic heterocycles. The van der Waals surface area contributed by atoms with Crippen LogP contribution in [-0.2, 0) is 4.74 Å². The quantitative estimate of drug-likeness (QED) is 0.344. The number of unbranched alkanes of at least 4 members (excludes halogenated alkanes) is 5. The van der Waals surface area contributed by atoms with Gasteiger partial charge in [0, 0.05) is 26.2 Å². The van der Waals surface area contributed by atoms with Crippen LogP contribution in [0.4, 0.5) is 4.79 Å². The van der Waals surface area contributed by atoms with E-state index in [0.29, 0.717) is 0 Å². The maximum atomic E-state index is 11.1. The second-order valence-corrected chi connectivity index (χ2v) is 6.18. The summed E-state index contributed by atoms with van der Waals surface area (Å²) >= 11 is 0.